The van der Waals surface area contributed by atoms with E-state index in [9.17, 15) is 10.2 Å². The lowest BCUT2D eigenvalue weighted by atomic mass is 9.89. The maximum Gasteiger partial charge on any atom is 0.157 e. The average Bonchev–Trinajstić information content (AvgIpc) is 2.63. The summed E-state index contributed by atoms with van der Waals surface area (Å²) < 4.78 is 5.94. The van der Waals surface area contributed by atoms with Crippen molar-refractivity contribution in [1.29, 1.82) is 0 Å². The van der Waals surface area contributed by atoms with E-state index in [0.717, 1.165) is 41.2 Å². The summed E-state index contributed by atoms with van der Waals surface area (Å²) >= 11 is 0. The summed E-state index contributed by atoms with van der Waals surface area (Å²) in [6, 6.07) is 21.2. The number of para-hydroxylation sites is 1. The third kappa shape index (κ3) is 3.16. The molecule has 0 saturated carbocycles. The zero-order chi connectivity index (χ0) is 17.2. The largest absolute Gasteiger partial charge is 0.504 e. The van der Waals surface area contributed by atoms with Crippen LogP contribution in [0.5, 0.6) is 23.0 Å². The topological polar surface area (TPSA) is 66.3 Å². The summed E-state index contributed by atoms with van der Waals surface area (Å²) in [7, 11) is 0. The lowest BCUT2D eigenvalue weighted by Gasteiger charge is -2.25. The number of hydrogen-bond acceptors (Lipinski definition) is 3. The minimum Gasteiger partial charge on any atom is -0.504 e. The number of fused-ring (bicyclic) bond motifs is 1. The highest BCUT2D eigenvalue weighted by molar-refractivity contribution is 5.49. The van der Waals surface area contributed by atoms with Crippen LogP contribution in [0.25, 0.3) is 0 Å². The third-order valence-electron chi connectivity index (χ3n) is 4.58. The molecule has 1 atom stereocenters. The molecule has 0 radical (unpaired) electrons. The summed E-state index contributed by atoms with van der Waals surface area (Å²) in [5, 5.41) is 21.9. The van der Waals surface area contributed by atoms with E-state index in [-0.39, 0.29) is 17.5 Å². The third-order valence-corrected chi connectivity index (χ3v) is 4.58. The molecule has 0 aromatic heterocycles. The molecule has 4 nitrogen and oxygen atoms in total. The average molecular weight is 334 g/mol. The van der Waals surface area contributed by atoms with Crippen molar-refractivity contribution in [2.45, 2.75) is 12.5 Å². The fourth-order valence-corrected chi connectivity index (χ4v) is 3.39. The number of rotatable bonds is 3. The molecular weight excluding hydrogens is 314 g/mol. The van der Waals surface area contributed by atoms with Gasteiger partial charge in [0.1, 0.15) is 17.5 Å². The van der Waals surface area contributed by atoms with E-state index in [0.29, 0.717) is 0 Å². The zero-order valence-electron chi connectivity index (χ0n) is 13.7. The highest BCUT2D eigenvalue weighted by Gasteiger charge is 2.26. The zero-order valence-corrected chi connectivity index (χ0v) is 13.7. The standard InChI is InChI=1S/C21H19NO3/c23-19-12-14-9-10-22-21(18(14)13-20(19)24)15-5-4-8-17(11-15)25-16-6-2-1-3-7-16/h1-8,11-13,21-24H,9-10H2/p+1/t21-/m0/s1. The maximum atomic E-state index is 9.90. The van der Waals surface area contributed by atoms with Crippen molar-refractivity contribution >= 4 is 0 Å². The van der Waals surface area contributed by atoms with Gasteiger partial charge in [0.05, 0.1) is 6.54 Å². The van der Waals surface area contributed by atoms with E-state index in [1.165, 1.54) is 0 Å². The molecule has 4 heteroatoms. The second-order valence-corrected chi connectivity index (χ2v) is 6.28. The van der Waals surface area contributed by atoms with Crippen LogP contribution in [0.15, 0.2) is 66.7 Å². The number of phenolic OH excluding ortho intramolecular Hbond substituents is 2. The minimum absolute atomic E-state index is 0.0550. The van der Waals surface area contributed by atoms with Gasteiger partial charge < -0.3 is 20.3 Å². The minimum atomic E-state index is -0.0734. The predicted octanol–water partition coefficient (Wildman–Crippen LogP) is 3.10. The van der Waals surface area contributed by atoms with Crippen LogP contribution in [0.2, 0.25) is 0 Å². The van der Waals surface area contributed by atoms with Gasteiger partial charge in [-0.3, -0.25) is 0 Å². The fraction of sp³-hybridized carbons (Fsp3) is 0.143. The molecule has 25 heavy (non-hydrogen) atoms. The predicted molar refractivity (Wildman–Crippen MR) is 95.1 cm³/mol. The van der Waals surface area contributed by atoms with Crippen molar-refractivity contribution in [3.63, 3.8) is 0 Å². The molecule has 0 bridgehead atoms. The van der Waals surface area contributed by atoms with Crippen molar-refractivity contribution in [1.82, 2.24) is 0 Å². The van der Waals surface area contributed by atoms with Crippen molar-refractivity contribution < 1.29 is 20.3 Å². The Labute approximate surface area is 146 Å². The Morgan fingerprint density at radius 3 is 2.44 bits per heavy atom. The number of aromatic hydroxyl groups is 2. The number of phenols is 2. The molecule has 0 aliphatic carbocycles. The SMILES string of the molecule is Oc1cc2c(cc1O)[C@H](c1cccc(Oc3ccccc3)c1)[NH2+]CC2. The number of benzene rings is 3. The summed E-state index contributed by atoms with van der Waals surface area (Å²) in [6.07, 6.45) is 0.875. The number of quaternary nitrogens is 1. The Kier molecular flexibility index (Phi) is 4.04. The van der Waals surface area contributed by atoms with Gasteiger partial charge in [-0.15, -0.1) is 0 Å². The van der Waals surface area contributed by atoms with Gasteiger partial charge in [-0.2, -0.15) is 0 Å². The summed E-state index contributed by atoms with van der Waals surface area (Å²) in [6.45, 7) is 0.936. The summed E-state index contributed by atoms with van der Waals surface area (Å²) in [5.74, 6) is 1.46. The van der Waals surface area contributed by atoms with Crippen molar-refractivity contribution in [3.8, 4) is 23.0 Å². The first kappa shape index (κ1) is 15.5. The molecule has 1 aliphatic rings. The van der Waals surface area contributed by atoms with E-state index in [4.69, 9.17) is 4.74 Å². The number of nitrogens with two attached hydrogens (primary N) is 1. The van der Waals surface area contributed by atoms with Crippen LogP contribution >= 0.6 is 0 Å². The monoisotopic (exact) mass is 334 g/mol. The van der Waals surface area contributed by atoms with Crippen LogP contribution in [0.1, 0.15) is 22.7 Å². The van der Waals surface area contributed by atoms with Crippen LogP contribution in [-0.2, 0) is 6.42 Å². The van der Waals surface area contributed by atoms with Crippen LogP contribution in [0.4, 0.5) is 0 Å². The number of ether oxygens (including phenoxy) is 1. The van der Waals surface area contributed by atoms with Crippen molar-refractivity contribution in [2.24, 2.45) is 0 Å². The Balaban J connectivity index is 1.67. The molecule has 3 aromatic carbocycles. The first-order chi connectivity index (χ1) is 12.2. The van der Waals surface area contributed by atoms with Crippen LogP contribution in [0, 0.1) is 0 Å². The lowest BCUT2D eigenvalue weighted by molar-refractivity contribution is -0.690. The molecule has 0 saturated heterocycles. The molecule has 126 valence electrons. The molecule has 0 unspecified atom stereocenters. The molecule has 1 heterocycles. The molecule has 4 rings (SSSR count). The normalized spacial score (nSPS) is 16.2. The van der Waals surface area contributed by atoms with Crippen LogP contribution in [-0.4, -0.2) is 16.8 Å². The van der Waals surface area contributed by atoms with E-state index in [1.807, 2.05) is 48.5 Å². The molecular formula is C21H20NO3+. The van der Waals surface area contributed by atoms with Crippen molar-refractivity contribution in [3.05, 3.63) is 83.4 Å². The van der Waals surface area contributed by atoms with Crippen molar-refractivity contribution in [2.75, 3.05) is 6.54 Å². The molecule has 4 N–H and O–H groups in total. The Morgan fingerprint density at radius 1 is 0.840 bits per heavy atom. The first-order valence-corrected chi connectivity index (χ1v) is 8.41. The highest BCUT2D eigenvalue weighted by atomic mass is 16.5. The summed E-state index contributed by atoms with van der Waals surface area (Å²) in [4.78, 5) is 0. The fourth-order valence-electron chi connectivity index (χ4n) is 3.39. The van der Waals surface area contributed by atoms with E-state index in [2.05, 4.69) is 11.4 Å². The highest BCUT2D eigenvalue weighted by Crippen LogP contribution is 2.35. The van der Waals surface area contributed by atoms with Gasteiger partial charge in [0.25, 0.3) is 0 Å². The Bertz CT molecular complexity index is 893. The van der Waals surface area contributed by atoms with E-state index in [1.54, 1.807) is 12.1 Å². The molecule has 3 aromatic rings. The molecule has 0 amide bonds. The van der Waals surface area contributed by atoms with Gasteiger partial charge in [0.2, 0.25) is 0 Å². The van der Waals surface area contributed by atoms with E-state index < -0.39 is 0 Å². The second kappa shape index (κ2) is 6.49. The Morgan fingerprint density at radius 2 is 1.60 bits per heavy atom. The molecule has 0 spiro atoms. The lowest BCUT2D eigenvalue weighted by Crippen LogP contribution is -2.87. The van der Waals surface area contributed by atoms with Gasteiger partial charge in [-0.25, -0.2) is 0 Å². The van der Waals surface area contributed by atoms with Gasteiger partial charge in [-0.05, 0) is 42.0 Å². The maximum absolute atomic E-state index is 9.90. The Hall–Kier alpha value is -2.98. The number of hydrogen-bond donors (Lipinski definition) is 3. The van der Waals surface area contributed by atoms with Gasteiger partial charge in [0, 0.05) is 17.5 Å². The van der Waals surface area contributed by atoms with Gasteiger partial charge in [-0.1, -0.05) is 30.3 Å². The smallest absolute Gasteiger partial charge is 0.157 e. The summed E-state index contributed by atoms with van der Waals surface area (Å²) in [5.41, 5.74) is 3.23. The van der Waals surface area contributed by atoms with Crippen LogP contribution in [0.3, 0.4) is 0 Å². The molecule has 0 fully saturated rings. The van der Waals surface area contributed by atoms with Crippen LogP contribution < -0.4 is 10.1 Å². The quantitative estimate of drug-likeness (QED) is 0.645. The first-order valence-electron chi connectivity index (χ1n) is 8.41. The van der Waals surface area contributed by atoms with E-state index >= 15 is 0 Å². The van der Waals surface area contributed by atoms with Gasteiger partial charge in [0.15, 0.2) is 11.5 Å². The molecule has 1 aliphatic heterocycles. The second-order valence-electron chi connectivity index (χ2n) is 6.28. The van der Waals surface area contributed by atoms with Gasteiger partial charge >= 0.3 is 0 Å².